The summed E-state index contributed by atoms with van der Waals surface area (Å²) in [6.07, 6.45) is 0.0322. The number of phenolic OH excluding ortho intramolecular Hbond substituents is 2. The van der Waals surface area contributed by atoms with Gasteiger partial charge >= 0.3 is 0 Å². The highest BCUT2D eigenvalue weighted by Gasteiger charge is 2.31. The van der Waals surface area contributed by atoms with Gasteiger partial charge in [0.05, 0.1) is 0 Å². The van der Waals surface area contributed by atoms with Crippen LogP contribution in [0.15, 0.2) is 0 Å². The Morgan fingerprint density at radius 3 is 2.44 bits per heavy atom. The summed E-state index contributed by atoms with van der Waals surface area (Å²) in [7, 11) is 0. The molecule has 4 heteroatoms. The number of carbonyl (C=O) groups is 1. The minimum absolute atomic E-state index is 0.0156. The van der Waals surface area contributed by atoms with Gasteiger partial charge in [-0.3, -0.25) is 4.79 Å². The van der Waals surface area contributed by atoms with Crippen molar-refractivity contribution < 1.29 is 19.7 Å². The van der Waals surface area contributed by atoms with Crippen LogP contribution in [0.2, 0.25) is 0 Å². The van der Waals surface area contributed by atoms with Crippen LogP contribution < -0.4 is 4.74 Å². The normalized spacial score (nSPS) is 19.2. The second-order valence-electron chi connectivity index (χ2n) is 4.21. The Morgan fingerprint density at radius 1 is 1.19 bits per heavy atom. The first kappa shape index (κ1) is 10.8. The lowest BCUT2D eigenvalue weighted by atomic mass is 9.94. The van der Waals surface area contributed by atoms with Crippen molar-refractivity contribution in [3.63, 3.8) is 0 Å². The first-order valence-corrected chi connectivity index (χ1v) is 5.18. The van der Waals surface area contributed by atoms with E-state index in [1.165, 1.54) is 0 Å². The molecule has 1 aliphatic heterocycles. The van der Waals surface area contributed by atoms with E-state index in [1.807, 2.05) is 0 Å². The molecule has 0 spiro atoms. The van der Waals surface area contributed by atoms with E-state index in [0.717, 1.165) is 0 Å². The summed E-state index contributed by atoms with van der Waals surface area (Å²) in [5.41, 5.74) is 1.03. The van der Waals surface area contributed by atoms with E-state index in [0.29, 0.717) is 16.9 Å². The molecular weight excluding hydrogens is 208 g/mol. The van der Waals surface area contributed by atoms with Gasteiger partial charge < -0.3 is 14.9 Å². The monoisotopic (exact) mass is 222 g/mol. The van der Waals surface area contributed by atoms with Crippen LogP contribution in [0.3, 0.4) is 0 Å². The number of carbonyl (C=O) groups excluding carboxylic acids is 1. The lowest BCUT2D eigenvalue weighted by molar-refractivity contribution is 0.0864. The maximum absolute atomic E-state index is 11.8. The Morgan fingerprint density at radius 2 is 1.81 bits per heavy atom. The number of benzene rings is 1. The van der Waals surface area contributed by atoms with Crippen molar-refractivity contribution in [2.45, 2.75) is 33.3 Å². The molecule has 1 aromatic carbocycles. The summed E-state index contributed by atoms with van der Waals surface area (Å²) in [4.78, 5) is 11.8. The van der Waals surface area contributed by atoms with Crippen molar-refractivity contribution in [2.75, 3.05) is 0 Å². The summed E-state index contributed by atoms with van der Waals surface area (Å²) in [6, 6.07) is 0. The molecule has 2 rings (SSSR count). The van der Waals surface area contributed by atoms with Gasteiger partial charge in [0.25, 0.3) is 0 Å². The van der Waals surface area contributed by atoms with Crippen molar-refractivity contribution in [3.05, 3.63) is 16.7 Å². The third-order valence-electron chi connectivity index (χ3n) is 2.94. The van der Waals surface area contributed by atoms with Crippen LogP contribution in [-0.4, -0.2) is 22.1 Å². The molecule has 86 valence electrons. The largest absolute Gasteiger partial charge is 0.507 e. The molecule has 0 saturated carbocycles. The lowest BCUT2D eigenvalue weighted by Crippen LogP contribution is -2.25. The average Bonchev–Trinajstić information content (AvgIpc) is 2.22. The average molecular weight is 222 g/mol. The Bertz CT molecular complexity index is 477. The SMILES string of the molecule is Cc1c(O)c(C)c2c(c1O)C(=O)C[C@H](C)O2. The molecule has 2 N–H and O–H groups in total. The summed E-state index contributed by atoms with van der Waals surface area (Å²) >= 11 is 0. The van der Waals surface area contributed by atoms with Gasteiger partial charge in [-0.25, -0.2) is 0 Å². The van der Waals surface area contributed by atoms with Gasteiger partial charge in [-0.1, -0.05) is 0 Å². The molecule has 0 aromatic heterocycles. The highest BCUT2D eigenvalue weighted by Crippen LogP contribution is 2.44. The number of Topliss-reactive ketones (excluding diaryl/α,β-unsaturated/α-hetero) is 1. The van der Waals surface area contributed by atoms with Crippen LogP contribution in [-0.2, 0) is 0 Å². The van der Waals surface area contributed by atoms with Gasteiger partial charge in [0.2, 0.25) is 0 Å². The number of aromatic hydroxyl groups is 2. The maximum atomic E-state index is 11.8. The number of rotatable bonds is 0. The fraction of sp³-hybridized carbons (Fsp3) is 0.417. The minimum Gasteiger partial charge on any atom is -0.507 e. The van der Waals surface area contributed by atoms with Crippen LogP contribution in [0.1, 0.15) is 34.8 Å². The molecule has 0 unspecified atom stereocenters. The van der Waals surface area contributed by atoms with Crippen molar-refractivity contribution in [1.82, 2.24) is 0 Å². The van der Waals surface area contributed by atoms with Crippen molar-refractivity contribution >= 4 is 5.78 Å². The zero-order chi connectivity index (χ0) is 12.0. The first-order valence-electron chi connectivity index (χ1n) is 5.18. The van der Waals surface area contributed by atoms with Crippen molar-refractivity contribution in [1.29, 1.82) is 0 Å². The summed E-state index contributed by atoms with van der Waals surface area (Å²) in [5, 5.41) is 19.6. The van der Waals surface area contributed by atoms with Gasteiger partial charge in [-0.05, 0) is 20.8 Å². The standard InChI is InChI=1S/C12H14O4/c1-5-4-8(13)9-11(15)6(2)10(14)7(3)12(9)16-5/h5,14-15H,4H2,1-3H3/t5-/m0/s1. The van der Waals surface area contributed by atoms with Crippen molar-refractivity contribution in [2.24, 2.45) is 0 Å². The fourth-order valence-electron chi connectivity index (χ4n) is 2.00. The van der Waals surface area contributed by atoms with Crippen LogP contribution >= 0.6 is 0 Å². The van der Waals surface area contributed by atoms with Crippen LogP contribution in [0.5, 0.6) is 17.2 Å². The predicted molar refractivity (Wildman–Crippen MR) is 58.3 cm³/mol. The van der Waals surface area contributed by atoms with E-state index >= 15 is 0 Å². The second-order valence-corrected chi connectivity index (χ2v) is 4.21. The van der Waals surface area contributed by atoms with Crippen LogP contribution in [0, 0.1) is 13.8 Å². The molecule has 4 nitrogen and oxygen atoms in total. The zero-order valence-corrected chi connectivity index (χ0v) is 9.50. The van der Waals surface area contributed by atoms with E-state index in [1.54, 1.807) is 20.8 Å². The smallest absolute Gasteiger partial charge is 0.174 e. The molecule has 16 heavy (non-hydrogen) atoms. The van der Waals surface area contributed by atoms with Crippen molar-refractivity contribution in [3.8, 4) is 17.2 Å². The zero-order valence-electron chi connectivity index (χ0n) is 9.50. The molecular formula is C12H14O4. The number of phenols is 2. The predicted octanol–water partition coefficient (Wildman–Crippen LogP) is 2.07. The van der Waals surface area contributed by atoms with Crippen LogP contribution in [0.4, 0.5) is 0 Å². The Balaban J connectivity index is 2.76. The maximum Gasteiger partial charge on any atom is 0.174 e. The number of hydrogen-bond acceptors (Lipinski definition) is 4. The van der Waals surface area contributed by atoms with Gasteiger partial charge in [0, 0.05) is 17.5 Å². The Labute approximate surface area is 93.5 Å². The summed E-state index contributed by atoms with van der Waals surface area (Å²) < 4.78 is 5.51. The third kappa shape index (κ3) is 1.33. The molecule has 1 heterocycles. The molecule has 0 amide bonds. The molecule has 0 saturated heterocycles. The van der Waals surface area contributed by atoms with Gasteiger partial charge in [0.15, 0.2) is 5.78 Å². The molecule has 1 atom stereocenters. The molecule has 0 fully saturated rings. The summed E-state index contributed by atoms with van der Waals surface area (Å²) in [5.74, 6) is -0.0186. The minimum atomic E-state index is -0.222. The molecule has 0 radical (unpaired) electrons. The van der Waals surface area contributed by atoms with Gasteiger partial charge in [0.1, 0.15) is 28.9 Å². The van der Waals surface area contributed by atoms with Gasteiger partial charge in [-0.2, -0.15) is 0 Å². The fourth-order valence-corrected chi connectivity index (χ4v) is 2.00. The Hall–Kier alpha value is -1.71. The number of hydrogen-bond donors (Lipinski definition) is 2. The quantitative estimate of drug-likeness (QED) is 0.705. The molecule has 0 aliphatic carbocycles. The molecule has 1 aliphatic rings. The highest BCUT2D eigenvalue weighted by atomic mass is 16.5. The third-order valence-corrected chi connectivity index (χ3v) is 2.94. The first-order chi connectivity index (χ1) is 7.43. The van der Waals surface area contributed by atoms with E-state index < -0.39 is 0 Å². The lowest BCUT2D eigenvalue weighted by Gasteiger charge is -2.25. The van der Waals surface area contributed by atoms with E-state index in [2.05, 4.69) is 0 Å². The molecule has 1 aromatic rings. The molecule has 0 bridgehead atoms. The second kappa shape index (κ2) is 3.40. The van der Waals surface area contributed by atoms with Gasteiger partial charge in [-0.15, -0.1) is 0 Å². The Kier molecular flexibility index (Phi) is 2.30. The number of fused-ring (bicyclic) bond motifs is 1. The van der Waals surface area contributed by atoms with E-state index in [9.17, 15) is 15.0 Å². The summed E-state index contributed by atoms with van der Waals surface area (Å²) in [6.45, 7) is 5.03. The van der Waals surface area contributed by atoms with E-state index in [4.69, 9.17) is 4.74 Å². The number of ketones is 1. The highest BCUT2D eigenvalue weighted by molar-refractivity contribution is 6.03. The number of ether oxygens (including phenoxy) is 1. The van der Waals surface area contributed by atoms with E-state index in [-0.39, 0.29) is 35.4 Å². The van der Waals surface area contributed by atoms with Crippen LogP contribution in [0.25, 0.3) is 0 Å². The topological polar surface area (TPSA) is 66.8 Å².